The first-order valence-electron chi connectivity index (χ1n) is 8.66. The van der Waals surface area contributed by atoms with Crippen molar-refractivity contribution >= 4 is 16.7 Å². The van der Waals surface area contributed by atoms with Crippen molar-refractivity contribution in [1.82, 2.24) is 19.7 Å². The summed E-state index contributed by atoms with van der Waals surface area (Å²) in [5.41, 5.74) is 1.34. The number of nitrogens with one attached hydrogen (secondary N) is 1. The Morgan fingerprint density at radius 1 is 1.27 bits per heavy atom. The summed E-state index contributed by atoms with van der Waals surface area (Å²) in [6.07, 6.45) is 6.72. The lowest BCUT2D eigenvalue weighted by atomic mass is 9.98. The third kappa shape index (κ3) is 3.12. The van der Waals surface area contributed by atoms with E-state index in [1.165, 1.54) is 6.33 Å². The smallest absolute Gasteiger partial charge is 0.161 e. The first-order chi connectivity index (χ1) is 12.7. The molecule has 0 unspecified atom stereocenters. The first-order valence-corrected chi connectivity index (χ1v) is 8.66. The third-order valence-corrected chi connectivity index (χ3v) is 4.63. The van der Waals surface area contributed by atoms with Gasteiger partial charge in [-0.25, -0.2) is 18.7 Å². The summed E-state index contributed by atoms with van der Waals surface area (Å²) in [5, 5.41) is 8.10. The Balaban J connectivity index is 1.66. The van der Waals surface area contributed by atoms with Crippen molar-refractivity contribution in [2.75, 3.05) is 11.9 Å². The van der Waals surface area contributed by atoms with Crippen LogP contribution in [-0.4, -0.2) is 32.4 Å². The molecule has 0 spiro atoms. The van der Waals surface area contributed by atoms with Crippen molar-refractivity contribution < 1.29 is 13.5 Å². The third-order valence-electron chi connectivity index (χ3n) is 4.63. The second-order valence-electron chi connectivity index (χ2n) is 6.32. The zero-order valence-corrected chi connectivity index (χ0v) is 14.3. The molecule has 3 heterocycles. The topological polar surface area (TPSA) is 64.9 Å². The number of fused-ring (bicyclic) bond motifs is 1. The van der Waals surface area contributed by atoms with Crippen LogP contribution in [0.2, 0.25) is 0 Å². The van der Waals surface area contributed by atoms with Crippen molar-refractivity contribution in [3.05, 3.63) is 48.1 Å². The summed E-state index contributed by atoms with van der Waals surface area (Å²) in [5.74, 6) is -1.37. The maximum atomic E-state index is 13.7. The molecule has 2 atom stereocenters. The minimum Gasteiger partial charge on any atom is -0.371 e. The van der Waals surface area contributed by atoms with Crippen LogP contribution in [0.15, 0.2) is 30.9 Å². The van der Waals surface area contributed by atoms with Crippen LogP contribution in [0.1, 0.15) is 31.4 Å². The molecule has 1 fully saturated rings. The molecule has 1 saturated heterocycles. The van der Waals surface area contributed by atoms with Crippen molar-refractivity contribution in [2.24, 2.45) is 0 Å². The Morgan fingerprint density at radius 3 is 2.92 bits per heavy atom. The van der Waals surface area contributed by atoms with Crippen LogP contribution < -0.4 is 5.32 Å². The summed E-state index contributed by atoms with van der Waals surface area (Å²) in [6.45, 7) is 3.48. The van der Waals surface area contributed by atoms with Crippen LogP contribution in [0.5, 0.6) is 0 Å². The lowest BCUT2D eigenvalue weighted by molar-refractivity contribution is 0.00554. The van der Waals surface area contributed by atoms with Gasteiger partial charge in [0.15, 0.2) is 11.6 Å². The van der Waals surface area contributed by atoms with E-state index in [9.17, 15) is 8.78 Å². The molecule has 0 amide bonds. The molecule has 2 aromatic heterocycles. The van der Waals surface area contributed by atoms with Gasteiger partial charge in [0.1, 0.15) is 18.2 Å². The summed E-state index contributed by atoms with van der Waals surface area (Å²) in [7, 11) is 0. The maximum absolute atomic E-state index is 13.7. The number of aromatic nitrogens is 4. The van der Waals surface area contributed by atoms with Gasteiger partial charge in [0.2, 0.25) is 0 Å². The van der Waals surface area contributed by atoms with E-state index >= 15 is 0 Å². The molecule has 6 nitrogen and oxygen atoms in total. The number of hydrogen-bond acceptors (Lipinski definition) is 5. The number of anilines is 1. The quantitative estimate of drug-likeness (QED) is 0.773. The molecule has 1 N–H and O–H groups in total. The molecular weight excluding hydrogens is 340 g/mol. The largest absolute Gasteiger partial charge is 0.371 e. The average Bonchev–Trinajstić information content (AvgIpc) is 3.13. The Bertz CT molecular complexity index is 929. The van der Waals surface area contributed by atoms with Crippen LogP contribution in [0.3, 0.4) is 0 Å². The monoisotopic (exact) mass is 359 g/mol. The molecule has 136 valence electrons. The Labute approximate surface area is 149 Å². The number of rotatable bonds is 4. The maximum Gasteiger partial charge on any atom is 0.161 e. The zero-order valence-electron chi connectivity index (χ0n) is 14.3. The van der Waals surface area contributed by atoms with E-state index in [0.29, 0.717) is 23.3 Å². The SMILES string of the molecule is CCn1cc([C@@H]2OCCC[C@H]2Nc2ncnc3cc(F)c(F)cc23)cn1. The standard InChI is InChI=1S/C18H19F2N5O/c1-2-25-9-11(8-23-25)17-15(4-3-5-26-17)24-18-12-6-13(19)14(20)7-16(12)21-10-22-18/h6-10,15,17H,2-5H2,1H3,(H,21,22,24)/t15-,17+/m1/s1. The molecular formula is C18H19F2N5O. The van der Waals surface area contributed by atoms with Gasteiger partial charge in [0.05, 0.1) is 17.8 Å². The molecule has 4 rings (SSSR count). The Kier molecular flexibility index (Phi) is 4.50. The van der Waals surface area contributed by atoms with Crippen LogP contribution in [0.4, 0.5) is 14.6 Å². The van der Waals surface area contributed by atoms with Crippen molar-refractivity contribution in [3.8, 4) is 0 Å². The van der Waals surface area contributed by atoms with E-state index in [-0.39, 0.29) is 12.1 Å². The van der Waals surface area contributed by atoms with Crippen LogP contribution in [0.25, 0.3) is 10.9 Å². The number of nitrogens with zero attached hydrogens (tertiary/aromatic N) is 4. The molecule has 3 aromatic rings. The minimum atomic E-state index is -0.923. The lowest BCUT2D eigenvalue weighted by Crippen LogP contribution is -2.34. The fourth-order valence-electron chi connectivity index (χ4n) is 3.30. The van der Waals surface area contributed by atoms with Gasteiger partial charge in [-0.1, -0.05) is 0 Å². The molecule has 8 heteroatoms. The summed E-state index contributed by atoms with van der Waals surface area (Å²) in [4.78, 5) is 8.26. The number of ether oxygens (including phenoxy) is 1. The van der Waals surface area contributed by atoms with Gasteiger partial charge in [-0.15, -0.1) is 0 Å². The van der Waals surface area contributed by atoms with Gasteiger partial charge in [-0.3, -0.25) is 4.68 Å². The Hall–Kier alpha value is -2.61. The van der Waals surface area contributed by atoms with Gasteiger partial charge >= 0.3 is 0 Å². The molecule has 1 aliphatic rings. The first kappa shape index (κ1) is 16.8. The highest BCUT2D eigenvalue weighted by molar-refractivity contribution is 5.89. The molecule has 0 aliphatic carbocycles. The van der Waals surface area contributed by atoms with Crippen LogP contribution >= 0.6 is 0 Å². The van der Waals surface area contributed by atoms with E-state index in [1.807, 2.05) is 17.8 Å². The van der Waals surface area contributed by atoms with Gasteiger partial charge in [0, 0.05) is 36.4 Å². The van der Waals surface area contributed by atoms with Gasteiger partial charge in [-0.05, 0) is 25.8 Å². The van der Waals surface area contributed by atoms with Gasteiger partial charge in [0.25, 0.3) is 0 Å². The zero-order chi connectivity index (χ0) is 18.1. The average molecular weight is 359 g/mol. The minimum absolute atomic E-state index is 0.0514. The summed E-state index contributed by atoms with van der Waals surface area (Å²) >= 11 is 0. The predicted octanol–water partition coefficient (Wildman–Crippen LogP) is 3.46. The van der Waals surface area contributed by atoms with E-state index in [1.54, 1.807) is 6.20 Å². The molecule has 1 aliphatic heterocycles. The number of benzene rings is 1. The van der Waals surface area contributed by atoms with Gasteiger partial charge in [-0.2, -0.15) is 5.10 Å². The van der Waals surface area contributed by atoms with Crippen molar-refractivity contribution in [2.45, 2.75) is 38.5 Å². The highest BCUT2D eigenvalue weighted by Crippen LogP contribution is 2.32. The van der Waals surface area contributed by atoms with Crippen LogP contribution in [-0.2, 0) is 11.3 Å². The van der Waals surface area contributed by atoms with Crippen molar-refractivity contribution in [1.29, 1.82) is 0 Å². The molecule has 0 bridgehead atoms. The van der Waals surface area contributed by atoms with E-state index < -0.39 is 11.6 Å². The predicted molar refractivity (Wildman–Crippen MR) is 92.7 cm³/mol. The van der Waals surface area contributed by atoms with Crippen LogP contribution in [0, 0.1) is 11.6 Å². The summed E-state index contributed by atoms with van der Waals surface area (Å²) in [6, 6.07) is 2.16. The van der Waals surface area contributed by atoms with E-state index in [4.69, 9.17) is 4.74 Å². The number of hydrogen-bond donors (Lipinski definition) is 1. The van der Waals surface area contributed by atoms with E-state index in [0.717, 1.165) is 37.1 Å². The molecule has 1 aromatic carbocycles. The fraction of sp³-hybridized carbons (Fsp3) is 0.389. The number of halogens is 2. The molecule has 0 saturated carbocycles. The van der Waals surface area contributed by atoms with E-state index in [2.05, 4.69) is 20.4 Å². The lowest BCUT2D eigenvalue weighted by Gasteiger charge is -2.32. The second kappa shape index (κ2) is 6.95. The highest BCUT2D eigenvalue weighted by atomic mass is 19.2. The number of aryl methyl sites for hydroxylation is 1. The fourth-order valence-corrected chi connectivity index (χ4v) is 3.30. The molecule has 26 heavy (non-hydrogen) atoms. The van der Waals surface area contributed by atoms with Gasteiger partial charge < -0.3 is 10.1 Å². The van der Waals surface area contributed by atoms with Crippen molar-refractivity contribution in [3.63, 3.8) is 0 Å². The Morgan fingerprint density at radius 2 is 2.12 bits per heavy atom. The second-order valence-corrected chi connectivity index (χ2v) is 6.32. The highest BCUT2D eigenvalue weighted by Gasteiger charge is 2.29. The summed E-state index contributed by atoms with van der Waals surface area (Å²) < 4.78 is 35.0. The molecule has 0 radical (unpaired) electrons. The normalized spacial score (nSPS) is 20.4.